The van der Waals surface area contributed by atoms with Crippen LogP contribution in [0.2, 0.25) is 0 Å². The van der Waals surface area contributed by atoms with Gasteiger partial charge in [0.1, 0.15) is 16.5 Å². The van der Waals surface area contributed by atoms with Crippen LogP contribution in [0.5, 0.6) is 0 Å². The van der Waals surface area contributed by atoms with Crippen LogP contribution in [-0.2, 0) is 4.79 Å². The highest BCUT2D eigenvalue weighted by Crippen LogP contribution is 2.40. The van der Waals surface area contributed by atoms with Crippen LogP contribution in [0.1, 0.15) is 58.7 Å². The summed E-state index contributed by atoms with van der Waals surface area (Å²) in [5, 5.41) is 4.61. The molecule has 2 aromatic carbocycles. The van der Waals surface area contributed by atoms with E-state index in [0.29, 0.717) is 40.0 Å². The zero-order valence-corrected chi connectivity index (χ0v) is 23.8. The molecule has 0 bridgehead atoms. The average molecular weight is 589 g/mol. The molecule has 2 amide bonds. The zero-order valence-electron chi connectivity index (χ0n) is 22.9. The first-order valence-electron chi connectivity index (χ1n) is 13.8. The number of hydrogen-bond acceptors (Lipinski definition) is 7. The molecule has 2 fully saturated rings. The summed E-state index contributed by atoms with van der Waals surface area (Å²) in [6.07, 6.45) is 3.99. The van der Waals surface area contributed by atoms with Crippen LogP contribution in [-0.4, -0.2) is 49.5 Å². The maximum Gasteiger partial charge on any atom is 0.265 e. The number of fused-ring (bicyclic) bond motifs is 1. The Morgan fingerprint density at radius 3 is 2.62 bits per heavy atom. The van der Waals surface area contributed by atoms with E-state index in [0.717, 1.165) is 54.0 Å². The number of piperidine rings is 1. The number of likely N-dealkylation sites (tertiary alicyclic amines) is 1. The average Bonchev–Trinajstić information content (AvgIpc) is 3.65. The second-order valence-electron chi connectivity index (χ2n) is 10.6. The molecule has 0 radical (unpaired) electrons. The lowest BCUT2D eigenvalue weighted by atomic mass is 9.99. The standard InChI is InChI=1S/C30H26F2N6O3S/c1-16-27(17(2)41-35-16)18-7-10-23-22(13-18)34-28(38(23)30-33-15-25(42-30)29(40)36-11-4-12-36)24-5-3-6-26(39)37(24)19-8-9-20(31)21(32)14-19/h7-10,13-15,24H,3-6,11-12H2,1-2H3/t24-/m0/s1. The van der Waals surface area contributed by atoms with Gasteiger partial charge in [-0.05, 0) is 62.9 Å². The van der Waals surface area contributed by atoms with Gasteiger partial charge in [-0.2, -0.15) is 0 Å². The number of hydrogen-bond donors (Lipinski definition) is 0. The molecule has 1 atom stereocenters. The first kappa shape index (κ1) is 26.4. The Kier molecular flexibility index (Phi) is 6.37. The lowest BCUT2D eigenvalue weighted by Gasteiger charge is -2.35. The fourth-order valence-corrected chi connectivity index (χ4v) is 6.70. The van der Waals surface area contributed by atoms with Crippen LogP contribution in [0.3, 0.4) is 0 Å². The Labute approximate surface area is 243 Å². The summed E-state index contributed by atoms with van der Waals surface area (Å²) in [7, 11) is 0. The molecule has 0 N–H and O–H groups in total. The van der Waals surface area contributed by atoms with Crippen LogP contribution in [0.25, 0.3) is 27.3 Å². The van der Waals surface area contributed by atoms with E-state index in [2.05, 4.69) is 10.1 Å². The van der Waals surface area contributed by atoms with Crippen LogP contribution >= 0.6 is 11.3 Å². The molecule has 214 valence electrons. The van der Waals surface area contributed by atoms with Crippen molar-refractivity contribution in [2.24, 2.45) is 0 Å². The van der Waals surface area contributed by atoms with Gasteiger partial charge in [0.2, 0.25) is 5.91 Å². The van der Waals surface area contributed by atoms with Crippen molar-refractivity contribution in [1.29, 1.82) is 0 Å². The first-order valence-corrected chi connectivity index (χ1v) is 14.6. The van der Waals surface area contributed by atoms with Gasteiger partial charge in [-0.15, -0.1) is 0 Å². The molecule has 0 aliphatic carbocycles. The second-order valence-corrected chi connectivity index (χ2v) is 11.6. The molecule has 3 aromatic heterocycles. The monoisotopic (exact) mass is 588 g/mol. The molecule has 2 aliphatic heterocycles. The van der Waals surface area contributed by atoms with E-state index in [1.165, 1.54) is 22.3 Å². The number of anilines is 1. The van der Waals surface area contributed by atoms with Gasteiger partial charge in [-0.3, -0.25) is 14.2 Å². The SMILES string of the molecule is Cc1noc(C)c1-c1ccc2c(c1)nc([C@@H]1CCCC(=O)N1c1ccc(F)c(F)c1)n2-c1ncc(C(=O)N2CCC2)s1. The van der Waals surface area contributed by atoms with E-state index >= 15 is 0 Å². The van der Waals surface area contributed by atoms with Gasteiger partial charge in [0, 0.05) is 36.8 Å². The molecular weight excluding hydrogens is 562 g/mol. The number of aromatic nitrogens is 4. The minimum Gasteiger partial charge on any atom is -0.361 e. The molecule has 5 aromatic rings. The van der Waals surface area contributed by atoms with Gasteiger partial charge in [-0.25, -0.2) is 18.7 Å². The normalized spacial score (nSPS) is 17.2. The lowest BCUT2D eigenvalue weighted by Crippen LogP contribution is -2.41. The summed E-state index contributed by atoms with van der Waals surface area (Å²) in [6, 6.07) is 8.72. The summed E-state index contributed by atoms with van der Waals surface area (Å²) < 4.78 is 35.4. The second kappa shape index (κ2) is 10.1. The van der Waals surface area contributed by atoms with Crippen molar-refractivity contribution in [3.8, 4) is 16.3 Å². The van der Waals surface area contributed by atoms with Gasteiger partial charge < -0.3 is 14.3 Å². The Morgan fingerprint density at radius 1 is 1.07 bits per heavy atom. The summed E-state index contributed by atoms with van der Waals surface area (Å²) in [6.45, 7) is 5.18. The zero-order chi connectivity index (χ0) is 29.1. The lowest BCUT2D eigenvalue weighted by molar-refractivity contribution is -0.120. The van der Waals surface area contributed by atoms with Crippen molar-refractivity contribution in [3.05, 3.63) is 76.4 Å². The number of nitrogens with zero attached hydrogens (tertiary/aromatic N) is 6. The highest BCUT2D eigenvalue weighted by atomic mass is 32.1. The van der Waals surface area contributed by atoms with Crippen molar-refractivity contribution < 1.29 is 22.9 Å². The number of carbonyl (C=O) groups excluding carboxylic acids is 2. The number of carbonyl (C=O) groups is 2. The van der Waals surface area contributed by atoms with Crippen LogP contribution in [0.15, 0.2) is 47.1 Å². The Morgan fingerprint density at radius 2 is 1.90 bits per heavy atom. The maximum absolute atomic E-state index is 14.3. The number of benzene rings is 2. The molecule has 0 spiro atoms. The van der Waals surface area contributed by atoms with Crippen LogP contribution in [0, 0.1) is 25.5 Å². The van der Waals surface area contributed by atoms with Gasteiger partial charge in [0.25, 0.3) is 5.91 Å². The van der Waals surface area contributed by atoms with Gasteiger partial charge in [0.05, 0.1) is 29.0 Å². The van der Waals surface area contributed by atoms with Crippen molar-refractivity contribution in [1.82, 2.24) is 24.6 Å². The van der Waals surface area contributed by atoms with Gasteiger partial charge in [0.15, 0.2) is 16.8 Å². The Bertz CT molecular complexity index is 1850. The molecule has 2 saturated heterocycles. The van der Waals surface area contributed by atoms with Crippen molar-refractivity contribution >= 4 is 39.9 Å². The molecule has 5 heterocycles. The summed E-state index contributed by atoms with van der Waals surface area (Å²) >= 11 is 1.26. The maximum atomic E-state index is 14.3. The third kappa shape index (κ3) is 4.28. The largest absolute Gasteiger partial charge is 0.361 e. The summed E-state index contributed by atoms with van der Waals surface area (Å²) in [5.74, 6) is -1.08. The molecular formula is C30H26F2N6O3S. The minimum absolute atomic E-state index is 0.0621. The quantitative estimate of drug-likeness (QED) is 0.245. The van der Waals surface area contributed by atoms with Crippen molar-refractivity contribution in [2.75, 3.05) is 18.0 Å². The molecule has 0 saturated carbocycles. The minimum atomic E-state index is -1.03. The fraction of sp³-hybridized carbons (Fsp3) is 0.300. The van der Waals surface area contributed by atoms with Crippen molar-refractivity contribution in [3.63, 3.8) is 0 Å². The number of imidazole rings is 1. The van der Waals surface area contributed by atoms with E-state index in [-0.39, 0.29) is 23.9 Å². The highest BCUT2D eigenvalue weighted by molar-refractivity contribution is 7.16. The van der Waals surface area contributed by atoms with E-state index in [4.69, 9.17) is 9.51 Å². The molecule has 7 rings (SSSR count). The van der Waals surface area contributed by atoms with E-state index in [1.54, 1.807) is 11.1 Å². The number of thiazole rings is 1. The van der Waals surface area contributed by atoms with Crippen LogP contribution in [0.4, 0.5) is 14.5 Å². The van der Waals surface area contributed by atoms with E-state index in [9.17, 15) is 18.4 Å². The molecule has 0 unspecified atom stereocenters. The third-order valence-corrected chi connectivity index (χ3v) is 8.94. The van der Waals surface area contributed by atoms with E-state index in [1.807, 2.05) is 36.6 Å². The predicted molar refractivity (Wildman–Crippen MR) is 153 cm³/mol. The number of aryl methyl sites for hydroxylation is 2. The fourth-order valence-electron chi connectivity index (χ4n) is 5.79. The number of rotatable bonds is 5. The third-order valence-electron chi connectivity index (χ3n) is 7.97. The number of amides is 2. The van der Waals surface area contributed by atoms with Crippen LogP contribution < -0.4 is 4.90 Å². The molecule has 9 nitrogen and oxygen atoms in total. The molecule has 2 aliphatic rings. The van der Waals surface area contributed by atoms with Gasteiger partial charge >= 0.3 is 0 Å². The smallest absolute Gasteiger partial charge is 0.265 e. The van der Waals surface area contributed by atoms with Gasteiger partial charge in [-0.1, -0.05) is 22.6 Å². The molecule has 12 heteroatoms. The molecule has 42 heavy (non-hydrogen) atoms. The predicted octanol–water partition coefficient (Wildman–Crippen LogP) is 6.14. The Hall–Kier alpha value is -4.45. The number of halogens is 2. The van der Waals surface area contributed by atoms with E-state index < -0.39 is 17.7 Å². The summed E-state index contributed by atoms with van der Waals surface area (Å²) in [4.78, 5) is 39.8. The van der Waals surface area contributed by atoms with Crippen molar-refractivity contribution in [2.45, 2.75) is 45.6 Å². The highest BCUT2D eigenvalue weighted by Gasteiger charge is 2.36. The Balaban J connectivity index is 1.40. The summed E-state index contributed by atoms with van der Waals surface area (Å²) in [5.41, 5.74) is 4.15. The topological polar surface area (TPSA) is 97.4 Å². The first-order chi connectivity index (χ1) is 20.3.